The van der Waals surface area contributed by atoms with Crippen molar-refractivity contribution in [2.75, 3.05) is 32.8 Å². The molecule has 2 aliphatic heterocycles. The molecule has 2 fully saturated rings. The number of nitrogens with one attached hydrogen (secondary N) is 2. The highest BCUT2D eigenvalue weighted by molar-refractivity contribution is 6.30. The van der Waals surface area contributed by atoms with Crippen molar-refractivity contribution < 1.29 is 9.53 Å². The van der Waals surface area contributed by atoms with Crippen LogP contribution >= 0.6 is 11.6 Å². The number of piperidine rings is 1. The third kappa shape index (κ3) is 4.99. The minimum Gasteiger partial charge on any atom is -0.381 e. The first kappa shape index (κ1) is 19.7. The molecule has 1 amide bonds. The van der Waals surface area contributed by atoms with Crippen molar-refractivity contribution >= 4 is 17.5 Å². The molecule has 1 atom stereocenters. The summed E-state index contributed by atoms with van der Waals surface area (Å²) in [6, 6.07) is 8.06. The number of carbonyl (C=O) groups is 1. The molecular weight excluding hydrogens is 348 g/mol. The Labute approximate surface area is 162 Å². The lowest BCUT2D eigenvalue weighted by molar-refractivity contribution is -0.122. The lowest BCUT2D eigenvalue weighted by Crippen LogP contribution is -2.45. The van der Waals surface area contributed by atoms with Gasteiger partial charge in [0, 0.05) is 36.6 Å². The molecule has 0 spiro atoms. The fourth-order valence-corrected chi connectivity index (χ4v) is 4.55. The van der Waals surface area contributed by atoms with Crippen molar-refractivity contribution in [1.82, 2.24) is 10.6 Å². The van der Waals surface area contributed by atoms with Gasteiger partial charge in [0.05, 0.1) is 0 Å². The number of hydrogen-bond acceptors (Lipinski definition) is 3. The van der Waals surface area contributed by atoms with Gasteiger partial charge < -0.3 is 15.4 Å². The summed E-state index contributed by atoms with van der Waals surface area (Å²) in [5.74, 6) is 1.27. The minimum absolute atomic E-state index is 0.0726. The highest BCUT2D eigenvalue weighted by Gasteiger charge is 2.35. The average molecular weight is 379 g/mol. The molecule has 2 aliphatic rings. The molecule has 0 radical (unpaired) electrons. The van der Waals surface area contributed by atoms with Crippen LogP contribution in [0.5, 0.6) is 0 Å². The van der Waals surface area contributed by atoms with Crippen LogP contribution in [0.1, 0.15) is 44.6 Å². The van der Waals surface area contributed by atoms with Crippen molar-refractivity contribution in [2.45, 2.75) is 44.4 Å². The monoisotopic (exact) mass is 378 g/mol. The Morgan fingerprint density at radius 1 is 1.35 bits per heavy atom. The maximum atomic E-state index is 12.6. The van der Waals surface area contributed by atoms with Gasteiger partial charge in [-0.25, -0.2) is 0 Å². The van der Waals surface area contributed by atoms with E-state index in [2.05, 4.69) is 23.6 Å². The zero-order valence-corrected chi connectivity index (χ0v) is 16.5. The van der Waals surface area contributed by atoms with Crippen LogP contribution in [0.4, 0.5) is 0 Å². The summed E-state index contributed by atoms with van der Waals surface area (Å²) in [5.41, 5.74) is 1.14. The van der Waals surface area contributed by atoms with Crippen LogP contribution in [0.15, 0.2) is 24.3 Å². The first-order chi connectivity index (χ1) is 12.6. The van der Waals surface area contributed by atoms with Gasteiger partial charge in [0.15, 0.2) is 0 Å². The summed E-state index contributed by atoms with van der Waals surface area (Å²) in [6.07, 6.45) is 4.80. The largest absolute Gasteiger partial charge is 0.381 e. The highest BCUT2D eigenvalue weighted by Crippen LogP contribution is 2.35. The van der Waals surface area contributed by atoms with Crippen molar-refractivity contribution in [3.8, 4) is 0 Å². The zero-order chi connectivity index (χ0) is 18.4. The van der Waals surface area contributed by atoms with Gasteiger partial charge in [0.2, 0.25) is 5.91 Å². The van der Waals surface area contributed by atoms with Crippen LogP contribution in [0.3, 0.4) is 0 Å². The molecular formula is C21H31ClN2O2. The molecule has 2 N–H and O–H groups in total. The van der Waals surface area contributed by atoms with Gasteiger partial charge in [-0.2, -0.15) is 0 Å². The number of hydrogen-bond donors (Lipinski definition) is 2. The van der Waals surface area contributed by atoms with E-state index in [4.69, 9.17) is 16.3 Å². The Morgan fingerprint density at radius 3 is 2.77 bits per heavy atom. The summed E-state index contributed by atoms with van der Waals surface area (Å²) < 4.78 is 5.58. The molecule has 5 heteroatoms. The summed E-state index contributed by atoms with van der Waals surface area (Å²) in [7, 11) is 0. The van der Waals surface area contributed by atoms with Crippen LogP contribution < -0.4 is 10.6 Å². The fourth-order valence-electron chi connectivity index (χ4n) is 4.36. The molecule has 2 heterocycles. The summed E-state index contributed by atoms with van der Waals surface area (Å²) in [6.45, 7) is 6.50. The van der Waals surface area contributed by atoms with Gasteiger partial charge in [0.25, 0.3) is 0 Å². The van der Waals surface area contributed by atoms with Crippen LogP contribution in [-0.4, -0.2) is 38.8 Å². The van der Waals surface area contributed by atoms with Gasteiger partial charge in [-0.05, 0) is 68.3 Å². The molecule has 0 saturated carbocycles. The zero-order valence-electron chi connectivity index (χ0n) is 15.7. The van der Waals surface area contributed by atoms with E-state index in [-0.39, 0.29) is 11.3 Å². The van der Waals surface area contributed by atoms with E-state index < -0.39 is 0 Å². The number of halogens is 1. The van der Waals surface area contributed by atoms with Crippen molar-refractivity contribution in [2.24, 2.45) is 11.8 Å². The van der Waals surface area contributed by atoms with Crippen LogP contribution in [0.2, 0.25) is 5.02 Å². The lowest BCUT2D eigenvalue weighted by atomic mass is 9.74. The number of ether oxygens (including phenoxy) is 1. The second-order valence-electron chi connectivity index (χ2n) is 7.95. The topological polar surface area (TPSA) is 50.4 Å². The molecule has 0 aliphatic carbocycles. The smallest absolute Gasteiger partial charge is 0.220 e. The predicted molar refractivity (Wildman–Crippen MR) is 106 cm³/mol. The van der Waals surface area contributed by atoms with Crippen LogP contribution in [0.25, 0.3) is 0 Å². The molecule has 1 aromatic rings. The van der Waals surface area contributed by atoms with E-state index in [0.717, 1.165) is 44.2 Å². The second-order valence-corrected chi connectivity index (χ2v) is 8.39. The Morgan fingerprint density at radius 2 is 2.08 bits per heavy atom. The molecule has 0 bridgehead atoms. The quantitative estimate of drug-likeness (QED) is 0.796. The number of carbonyl (C=O) groups excluding carboxylic acids is 1. The van der Waals surface area contributed by atoms with Crippen molar-refractivity contribution in [1.29, 1.82) is 0 Å². The number of rotatable bonds is 6. The van der Waals surface area contributed by atoms with E-state index in [9.17, 15) is 4.79 Å². The van der Waals surface area contributed by atoms with Crippen molar-refractivity contribution in [3.63, 3.8) is 0 Å². The molecule has 0 aromatic heterocycles. The molecule has 2 saturated heterocycles. The Bertz CT molecular complexity index is 595. The molecule has 4 nitrogen and oxygen atoms in total. The van der Waals surface area contributed by atoms with Gasteiger partial charge in [-0.1, -0.05) is 30.7 Å². The maximum Gasteiger partial charge on any atom is 0.220 e. The van der Waals surface area contributed by atoms with Crippen LogP contribution in [0, 0.1) is 11.8 Å². The van der Waals surface area contributed by atoms with E-state index >= 15 is 0 Å². The van der Waals surface area contributed by atoms with Gasteiger partial charge in [-0.15, -0.1) is 0 Å². The van der Waals surface area contributed by atoms with Gasteiger partial charge in [0.1, 0.15) is 0 Å². The SMILES string of the molecule is CC(CC(=O)NCC1(c2cccc(Cl)c2)CCOCC1)C1CCNCC1. The first-order valence-electron chi connectivity index (χ1n) is 9.90. The normalized spacial score (nSPS) is 21.9. The van der Waals surface area contributed by atoms with E-state index in [1.54, 1.807) is 0 Å². The van der Waals surface area contributed by atoms with Crippen LogP contribution in [-0.2, 0) is 14.9 Å². The predicted octanol–water partition coefficient (Wildman–Crippen LogP) is 3.53. The van der Waals surface area contributed by atoms with Crippen molar-refractivity contribution in [3.05, 3.63) is 34.9 Å². The second kappa shape index (κ2) is 9.20. The molecule has 144 valence electrons. The fraction of sp³-hybridized carbons (Fsp3) is 0.667. The lowest BCUT2D eigenvalue weighted by Gasteiger charge is -2.38. The third-order valence-electron chi connectivity index (χ3n) is 6.21. The number of benzene rings is 1. The maximum absolute atomic E-state index is 12.6. The standard InChI is InChI=1S/C21H31ClN2O2/c1-16(17-5-9-23-10-6-17)13-20(25)24-15-21(7-11-26-12-8-21)18-3-2-4-19(22)14-18/h2-4,14,16-17,23H,5-13,15H2,1H3,(H,24,25). The van der Waals surface area contributed by atoms with Gasteiger partial charge >= 0.3 is 0 Å². The summed E-state index contributed by atoms with van der Waals surface area (Å²) in [5, 5.41) is 7.37. The average Bonchev–Trinajstić information content (AvgIpc) is 2.68. The number of amides is 1. The summed E-state index contributed by atoms with van der Waals surface area (Å²) in [4.78, 5) is 12.6. The summed E-state index contributed by atoms with van der Waals surface area (Å²) >= 11 is 6.22. The van der Waals surface area contributed by atoms with E-state index in [1.165, 1.54) is 18.4 Å². The van der Waals surface area contributed by atoms with E-state index in [0.29, 0.717) is 24.8 Å². The molecule has 3 rings (SSSR count). The molecule has 26 heavy (non-hydrogen) atoms. The minimum atomic E-state index is -0.0726. The molecule has 1 unspecified atom stereocenters. The Kier molecular flexibility index (Phi) is 6.96. The molecule has 1 aromatic carbocycles. The van der Waals surface area contributed by atoms with Gasteiger partial charge in [-0.3, -0.25) is 4.79 Å². The Hall–Kier alpha value is -1.10. The first-order valence-corrected chi connectivity index (χ1v) is 10.3. The third-order valence-corrected chi connectivity index (χ3v) is 6.44. The van der Waals surface area contributed by atoms with E-state index in [1.807, 2.05) is 18.2 Å². The highest BCUT2D eigenvalue weighted by atomic mass is 35.5. The Balaban J connectivity index is 1.60.